The number of para-hydroxylation sites is 1. The van der Waals surface area contributed by atoms with E-state index in [1.165, 1.54) is 0 Å². The molecule has 22 heavy (non-hydrogen) atoms. The van der Waals surface area contributed by atoms with Gasteiger partial charge < -0.3 is 16.0 Å². The molecule has 0 radical (unpaired) electrons. The highest BCUT2D eigenvalue weighted by Gasteiger charge is 2.16. The molecule has 122 valence electrons. The van der Waals surface area contributed by atoms with Crippen LogP contribution in [0.25, 0.3) is 10.9 Å². The fourth-order valence-corrected chi connectivity index (χ4v) is 2.59. The van der Waals surface area contributed by atoms with Gasteiger partial charge in [0.1, 0.15) is 9.84 Å². The van der Waals surface area contributed by atoms with Crippen LogP contribution in [0, 0.1) is 0 Å². The van der Waals surface area contributed by atoms with Crippen molar-refractivity contribution >= 4 is 39.1 Å². The molecule has 0 saturated carbocycles. The van der Waals surface area contributed by atoms with Crippen molar-refractivity contribution in [2.75, 3.05) is 18.6 Å². The molecule has 0 aliphatic rings. The SMILES string of the molecule is CS(=O)(=O)CCNC(=O)[C@@H](N)Cc1c[nH]c2ccccc12.Cl. The molecule has 0 aliphatic heterocycles. The number of carbonyl (C=O) groups is 1. The third-order valence-electron chi connectivity index (χ3n) is 3.22. The molecule has 0 spiro atoms. The van der Waals surface area contributed by atoms with E-state index in [1.807, 2.05) is 30.5 Å². The van der Waals surface area contributed by atoms with Crippen molar-refractivity contribution in [2.45, 2.75) is 12.5 Å². The van der Waals surface area contributed by atoms with E-state index in [2.05, 4.69) is 10.3 Å². The molecule has 4 N–H and O–H groups in total. The van der Waals surface area contributed by atoms with Crippen LogP contribution < -0.4 is 11.1 Å². The summed E-state index contributed by atoms with van der Waals surface area (Å²) in [6, 6.07) is 7.08. The van der Waals surface area contributed by atoms with Crippen molar-refractivity contribution in [2.24, 2.45) is 5.73 Å². The Morgan fingerprint density at radius 2 is 2.05 bits per heavy atom. The van der Waals surface area contributed by atoms with Gasteiger partial charge in [0.05, 0.1) is 11.8 Å². The number of aromatic amines is 1. The standard InChI is InChI=1S/C14H19N3O3S.ClH/c1-21(19,20)7-6-16-14(18)12(15)8-10-9-17-13-5-3-2-4-11(10)13;/h2-5,9,12,17H,6-8,15H2,1H3,(H,16,18);1H/t12-;/m0./s1. The molecule has 0 bridgehead atoms. The second-order valence-corrected chi connectivity index (χ2v) is 7.35. The zero-order chi connectivity index (χ0) is 15.5. The predicted octanol–water partition coefficient (Wildman–Crippen LogP) is 0.620. The summed E-state index contributed by atoms with van der Waals surface area (Å²) >= 11 is 0. The van der Waals surface area contributed by atoms with Crippen molar-refractivity contribution in [3.63, 3.8) is 0 Å². The Labute approximate surface area is 135 Å². The summed E-state index contributed by atoms with van der Waals surface area (Å²) in [6.45, 7) is 0.0826. The molecule has 6 nitrogen and oxygen atoms in total. The van der Waals surface area contributed by atoms with Crippen molar-refractivity contribution in [3.8, 4) is 0 Å². The van der Waals surface area contributed by atoms with Crippen LogP contribution in [0.4, 0.5) is 0 Å². The molecule has 0 unspecified atom stereocenters. The molecule has 0 aliphatic carbocycles. The normalized spacial score (nSPS) is 12.6. The van der Waals surface area contributed by atoms with Gasteiger partial charge in [0.15, 0.2) is 0 Å². The molecular weight excluding hydrogens is 326 g/mol. The van der Waals surface area contributed by atoms with E-state index in [0.29, 0.717) is 6.42 Å². The van der Waals surface area contributed by atoms with Gasteiger partial charge in [-0.2, -0.15) is 0 Å². The lowest BCUT2D eigenvalue weighted by molar-refractivity contribution is -0.122. The van der Waals surface area contributed by atoms with E-state index in [0.717, 1.165) is 22.7 Å². The average molecular weight is 346 g/mol. The summed E-state index contributed by atoms with van der Waals surface area (Å²) in [5.41, 5.74) is 7.84. The molecule has 1 aromatic heterocycles. The number of carbonyl (C=O) groups excluding carboxylic acids is 1. The number of hydrogen-bond donors (Lipinski definition) is 3. The number of nitrogens with one attached hydrogen (secondary N) is 2. The van der Waals surface area contributed by atoms with E-state index in [-0.39, 0.29) is 30.6 Å². The van der Waals surface area contributed by atoms with Crippen LogP contribution in [0.15, 0.2) is 30.5 Å². The smallest absolute Gasteiger partial charge is 0.237 e. The van der Waals surface area contributed by atoms with Crippen LogP contribution in [0.2, 0.25) is 0 Å². The first-order valence-electron chi connectivity index (χ1n) is 6.63. The number of nitrogens with two attached hydrogens (primary N) is 1. The number of aromatic nitrogens is 1. The number of sulfone groups is 1. The molecule has 2 aromatic rings. The molecule has 1 atom stereocenters. The van der Waals surface area contributed by atoms with Crippen LogP contribution in [0.1, 0.15) is 5.56 Å². The quantitative estimate of drug-likeness (QED) is 0.713. The zero-order valence-electron chi connectivity index (χ0n) is 12.2. The second-order valence-electron chi connectivity index (χ2n) is 5.09. The number of rotatable bonds is 6. The second kappa shape index (κ2) is 7.62. The Hall–Kier alpha value is -1.57. The lowest BCUT2D eigenvalue weighted by atomic mass is 10.1. The van der Waals surface area contributed by atoms with E-state index < -0.39 is 15.9 Å². The topological polar surface area (TPSA) is 105 Å². The molecule has 2 rings (SSSR count). The minimum atomic E-state index is -3.08. The van der Waals surface area contributed by atoms with Crippen molar-refractivity contribution in [1.29, 1.82) is 0 Å². The molecule has 0 saturated heterocycles. The first-order chi connectivity index (χ1) is 9.87. The maximum atomic E-state index is 11.9. The Balaban J connectivity index is 0.00000242. The minimum absolute atomic E-state index is 0. The maximum absolute atomic E-state index is 11.9. The molecule has 1 heterocycles. The monoisotopic (exact) mass is 345 g/mol. The van der Waals surface area contributed by atoms with Crippen molar-refractivity contribution < 1.29 is 13.2 Å². The fourth-order valence-electron chi connectivity index (χ4n) is 2.12. The highest BCUT2D eigenvalue weighted by atomic mass is 35.5. The molecule has 1 aromatic carbocycles. The van der Waals surface area contributed by atoms with E-state index in [9.17, 15) is 13.2 Å². The highest BCUT2D eigenvalue weighted by molar-refractivity contribution is 7.90. The van der Waals surface area contributed by atoms with E-state index in [1.54, 1.807) is 0 Å². The number of benzene rings is 1. The third kappa shape index (κ3) is 5.01. The summed E-state index contributed by atoms with van der Waals surface area (Å²) < 4.78 is 22.0. The van der Waals surface area contributed by atoms with E-state index >= 15 is 0 Å². The Morgan fingerprint density at radius 3 is 2.73 bits per heavy atom. The van der Waals surface area contributed by atoms with Crippen molar-refractivity contribution in [3.05, 3.63) is 36.0 Å². The van der Waals surface area contributed by atoms with Gasteiger partial charge in [-0.1, -0.05) is 18.2 Å². The Kier molecular flexibility index (Phi) is 6.40. The van der Waals surface area contributed by atoms with Crippen LogP contribution in [-0.2, 0) is 21.1 Å². The van der Waals surface area contributed by atoms with Crippen LogP contribution in [0.3, 0.4) is 0 Å². The van der Waals surface area contributed by atoms with Gasteiger partial charge >= 0.3 is 0 Å². The summed E-state index contributed by atoms with van der Waals surface area (Å²) in [7, 11) is -3.08. The molecule has 8 heteroatoms. The zero-order valence-corrected chi connectivity index (χ0v) is 13.8. The van der Waals surface area contributed by atoms with Gasteiger partial charge in [0.2, 0.25) is 5.91 Å². The Bertz CT molecular complexity index is 743. The van der Waals surface area contributed by atoms with E-state index in [4.69, 9.17) is 5.73 Å². The molecule has 0 fully saturated rings. The molecular formula is C14H20ClN3O3S. The molecule has 1 amide bonds. The third-order valence-corrected chi connectivity index (χ3v) is 4.17. The van der Waals surface area contributed by atoms with Gasteiger partial charge in [-0.3, -0.25) is 4.79 Å². The summed E-state index contributed by atoms with van der Waals surface area (Å²) in [5, 5.41) is 3.58. The minimum Gasteiger partial charge on any atom is -0.361 e. The lowest BCUT2D eigenvalue weighted by Gasteiger charge is -2.11. The lowest BCUT2D eigenvalue weighted by Crippen LogP contribution is -2.43. The predicted molar refractivity (Wildman–Crippen MR) is 89.9 cm³/mol. The van der Waals surface area contributed by atoms with Gasteiger partial charge in [-0.25, -0.2) is 8.42 Å². The number of H-pyrrole nitrogens is 1. The first-order valence-corrected chi connectivity index (χ1v) is 8.69. The summed E-state index contributed by atoms with van der Waals surface area (Å²) in [6.07, 6.45) is 3.37. The summed E-state index contributed by atoms with van der Waals surface area (Å²) in [4.78, 5) is 15.0. The number of amides is 1. The van der Waals surface area contributed by atoms with Crippen LogP contribution >= 0.6 is 12.4 Å². The Morgan fingerprint density at radius 1 is 1.36 bits per heavy atom. The van der Waals surface area contributed by atoms with Crippen LogP contribution in [-0.4, -0.2) is 43.9 Å². The van der Waals surface area contributed by atoms with Gasteiger partial charge in [-0.05, 0) is 18.1 Å². The fraction of sp³-hybridized carbons (Fsp3) is 0.357. The highest BCUT2D eigenvalue weighted by Crippen LogP contribution is 2.18. The van der Waals surface area contributed by atoms with Crippen LogP contribution in [0.5, 0.6) is 0 Å². The average Bonchev–Trinajstić information content (AvgIpc) is 2.80. The number of hydrogen-bond acceptors (Lipinski definition) is 4. The number of halogens is 1. The summed E-state index contributed by atoms with van der Waals surface area (Å²) in [5.74, 6) is -0.428. The first kappa shape index (κ1) is 18.5. The maximum Gasteiger partial charge on any atom is 0.237 e. The van der Waals surface area contributed by atoms with Gasteiger partial charge in [0.25, 0.3) is 0 Å². The van der Waals surface area contributed by atoms with Gasteiger partial charge in [-0.15, -0.1) is 12.4 Å². The largest absolute Gasteiger partial charge is 0.361 e. The van der Waals surface area contributed by atoms with Gasteiger partial charge in [0, 0.05) is 29.9 Å². The van der Waals surface area contributed by atoms with Crippen molar-refractivity contribution in [1.82, 2.24) is 10.3 Å². The number of fused-ring (bicyclic) bond motifs is 1.